The normalized spacial score (nSPS) is 9.32. The van der Waals surface area contributed by atoms with Crippen LogP contribution in [0.25, 0.3) is 0 Å². The third-order valence-corrected chi connectivity index (χ3v) is 8.72. The number of esters is 2. The summed E-state index contributed by atoms with van der Waals surface area (Å²) in [6.07, 6.45) is 0. The number of non-ortho nitro benzene ring substituents is 3. The Morgan fingerprint density at radius 3 is 1.08 bits per heavy atom. The number of hydrogen-bond acceptors (Lipinski definition) is 15. The first-order valence-corrected chi connectivity index (χ1v) is 19.2. The Labute approximate surface area is 434 Å². The Kier molecular flexibility index (Phi) is 28.5. The van der Waals surface area contributed by atoms with Gasteiger partial charge in [-0.1, -0.05) is 52.3 Å². The second-order valence-electron chi connectivity index (χ2n) is 12.4. The summed E-state index contributed by atoms with van der Waals surface area (Å²) in [6.45, 7) is 0.566. The second-order valence-corrected chi connectivity index (χ2v) is 12.9. The van der Waals surface area contributed by atoms with E-state index >= 15 is 0 Å². The molecule has 0 aliphatic carbocycles. The fourth-order valence-corrected chi connectivity index (χ4v) is 5.06. The number of aromatic carboxylic acids is 1. The first-order valence-electron chi connectivity index (χ1n) is 18.0. The molecule has 19 nitrogen and oxygen atoms in total. The van der Waals surface area contributed by atoms with Crippen LogP contribution in [0.15, 0.2) is 146 Å². The average molecular weight is 1020 g/mol. The standard InChI is InChI=1S/C15H13NO5.C14H11NO5.C9H9BrO2.C6H5NO3.ClH.K.H2O/c1-20-15(17)12-4-2-11(3-5-12)10-21-14-8-6-13(7-9-14)16(18)19;16-14(17)11-3-1-10(2-4-11)9-20-13-7-5-12(6-8-13)15(18)19;1-12-9(11)8-4-2-7(6-10)3-5-8;8-6-3-1-5(2-4-6)7(9)10;;;/h2-9H,10H2,1H3;1-8H,9H2,(H,16,17);2-5H,6H2,1H3;1-4,8H;1H;;1H2/q;;;;;+1;/p-1. The van der Waals surface area contributed by atoms with Crippen molar-refractivity contribution in [1.82, 2.24) is 0 Å². The molecule has 0 radical (unpaired) electrons. The summed E-state index contributed by atoms with van der Waals surface area (Å²) < 4.78 is 20.1. The molecule has 22 heteroatoms. The molecule has 0 saturated heterocycles. The molecule has 0 amide bonds. The van der Waals surface area contributed by atoms with Gasteiger partial charge in [-0.2, -0.15) is 0 Å². The molecule has 342 valence electrons. The van der Waals surface area contributed by atoms with E-state index in [0.717, 1.165) is 22.0 Å². The van der Waals surface area contributed by atoms with Crippen LogP contribution in [0.3, 0.4) is 0 Å². The summed E-state index contributed by atoms with van der Waals surface area (Å²) in [4.78, 5) is 62.6. The fourth-order valence-electron chi connectivity index (χ4n) is 4.68. The van der Waals surface area contributed by atoms with Crippen LogP contribution in [0.1, 0.15) is 47.8 Å². The molecule has 0 bridgehead atoms. The van der Waals surface area contributed by atoms with Crippen molar-refractivity contribution in [2.75, 3.05) is 14.2 Å². The van der Waals surface area contributed by atoms with Gasteiger partial charge in [0.15, 0.2) is 0 Å². The maximum atomic E-state index is 11.3. The molecule has 0 fully saturated rings. The molecular weight excluding hydrogens is 981 g/mol. The number of ether oxygens (including phenoxy) is 4. The van der Waals surface area contributed by atoms with Crippen LogP contribution in [-0.2, 0) is 28.0 Å². The third-order valence-electron chi connectivity index (χ3n) is 8.07. The molecule has 0 unspecified atom stereocenters. The van der Waals surface area contributed by atoms with Crippen molar-refractivity contribution in [2.45, 2.75) is 18.5 Å². The SMILES string of the molecule is COC(=O)c1ccc(CBr)cc1.COC(=O)c1ccc(COc2ccc([N+](=O)[O-])cc2)cc1.Cl.O=C(O)c1ccc(COc2ccc([N+](=O)[O-])cc2)cc1.O=[N+]([O-])c1ccc(O)cc1.[K+].[OH-]. The molecule has 6 rings (SSSR count). The zero-order valence-corrected chi connectivity index (χ0v) is 40.8. The average Bonchev–Trinajstić information content (AvgIpc) is 3.31. The molecule has 0 spiro atoms. The quantitative estimate of drug-likeness (QED) is 0.0397. The van der Waals surface area contributed by atoms with E-state index in [4.69, 9.17) is 19.7 Å². The van der Waals surface area contributed by atoms with Gasteiger partial charge < -0.3 is 34.6 Å². The van der Waals surface area contributed by atoms with Gasteiger partial charge in [0.25, 0.3) is 17.1 Å². The maximum Gasteiger partial charge on any atom is 1.00 e. The molecular formula is C44H40BrClKN3O16. The molecule has 6 aromatic carbocycles. The minimum absolute atomic E-state index is 0. The van der Waals surface area contributed by atoms with Crippen molar-refractivity contribution in [2.24, 2.45) is 0 Å². The number of carbonyl (C=O) groups excluding carboxylic acids is 2. The van der Waals surface area contributed by atoms with Crippen molar-refractivity contribution < 1.29 is 115 Å². The molecule has 0 heterocycles. The number of aromatic hydroxyl groups is 1. The second kappa shape index (κ2) is 31.5. The van der Waals surface area contributed by atoms with E-state index in [2.05, 4.69) is 25.4 Å². The van der Waals surface area contributed by atoms with E-state index in [1.54, 1.807) is 60.7 Å². The summed E-state index contributed by atoms with van der Waals surface area (Å²) in [6, 6.07) is 37.1. The molecule has 0 aliphatic heterocycles. The Balaban J connectivity index is 0.000000875. The number of phenolic OH excluding ortho intramolecular Hbond substituents is 1. The predicted molar refractivity (Wildman–Crippen MR) is 240 cm³/mol. The van der Waals surface area contributed by atoms with Crippen molar-refractivity contribution >= 4 is 63.3 Å². The smallest absolute Gasteiger partial charge is 0.870 e. The van der Waals surface area contributed by atoms with Crippen molar-refractivity contribution in [3.05, 3.63) is 209 Å². The van der Waals surface area contributed by atoms with E-state index < -0.39 is 26.7 Å². The number of hydrogen-bond donors (Lipinski definition) is 2. The Hall–Kier alpha value is -6.30. The van der Waals surface area contributed by atoms with Crippen LogP contribution < -0.4 is 60.9 Å². The van der Waals surface area contributed by atoms with E-state index in [9.17, 15) is 44.7 Å². The minimum Gasteiger partial charge on any atom is -0.870 e. The summed E-state index contributed by atoms with van der Waals surface area (Å²) >= 11 is 3.32. The van der Waals surface area contributed by atoms with E-state index in [1.807, 2.05) is 12.1 Å². The van der Waals surface area contributed by atoms with Crippen LogP contribution in [0.2, 0.25) is 0 Å². The Morgan fingerprint density at radius 1 is 0.515 bits per heavy atom. The van der Waals surface area contributed by atoms with Crippen LogP contribution in [0.4, 0.5) is 17.1 Å². The van der Waals surface area contributed by atoms with Crippen LogP contribution in [0, 0.1) is 30.3 Å². The van der Waals surface area contributed by atoms with Crippen LogP contribution in [-0.4, -0.2) is 62.6 Å². The minimum atomic E-state index is -0.979. The van der Waals surface area contributed by atoms with Crippen molar-refractivity contribution in [3.63, 3.8) is 0 Å². The maximum absolute atomic E-state index is 11.3. The monoisotopic (exact) mass is 1020 g/mol. The molecule has 0 aromatic heterocycles. The van der Waals surface area contributed by atoms with E-state index in [-0.39, 0.29) is 110 Å². The third kappa shape index (κ3) is 21.1. The number of carboxylic acid groups (broad SMARTS) is 1. The number of alkyl halides is 1. The largest absolute Gasteiger partial charge is 1.00 e. The molecule has 0 aliphatic rings. The number of carbonyl (C=O) groups is 3. The van der Waals surface area contributed by atoms with Gasteiger partial charge in [0.05, 0.1) is 45.7 Å². The Morgan fingerprint density at radius 2 is 0.803 bits per heavy atom. The Bertz CT molecular complexity index is 2390. The van der Waals surface area contributed by atoms with Gasteiger partial charge in [0.2, 0.25) is 0 Å². The van der Waals surface area contributed by atoms with E-state index in [1.165, 1.54) is 87.0 Å². The number of nitro benzene ring substituents is 3. The zero-order chi connectivity index (χ0) is 46.3. The van der Waals surface area contributed by atoms with Gasteiger partial charge in [-0.3, -0.25) is 30.3 Å². The first-order chi connectivity index (χ1) is 30.1. The summed E-state index contributed by atoms with van der Waals surface area (Å²) in [5.74, 6) is -0.581. The van der Waals surface area contributed by atoms with Gasteiger partial charge in [-0.15, -0.1) is 12.4 Å². The number of methoxy groups -OCH3 is 2. The fraction of sp³-hybridized carbons (Fsp3) is 0.114. The summed E-state index contributed by atoms with van der Waals surface area (Å²) in [7, 11) is 2.70. The summed E-state index contributed by atoms with van der Waals surface area (Å²) in [5, 5.41) is 49.3. The number of rotatable bonds is 13. The van der Waals surface area contributed by atoms with Gasteiger partial charge >= 0.3 is 69.3 Å². The molecule has 0 atom stereocenters. The number of nitro groups is 3. The van der Waals surface area contributed by atoms with Crippen molar-refractivity contribution in [3.8, 4) is 17.2 Å². The molecule has 0 saturated carbocycles. The van der Waals surface area contributed by atoms with Crippen LogP contribution in [0.5, 0.6) is 17.2 Å². The van der Waals surface area contributed by atoms with E-state index in [0.29, 0.717) is 29.2 Å². The first kappa shape index (κ1) is 59.7. The number of halogens is 2. The number of carboxylic acids is 1. The predicted octanol–water partition coefficient (Wildman–Crippen LogP) is 6.75. The van der Waals surface area contributed by atoms with Gasteiger partial charge in [-0.25, -0.2) is 14.4 Å². The van der Waals surface area contributed by atoms with Gasteiger partial charge in [0, 0.05) is 41.7 Å². The molecule has 6 aromatic rings. The topological polar surface area (TPSA) is 288 Å². The van der Waals surface area contributed by atoms with Gasteiger partial charge in [0.1, 0.15) is 30.5 Å². The summed E-state index contributed by atoms with van der Waals surface area (Å²) in [5.41, 5.74) is 4.10. The number of nitrogens with zero attached hydrogens (tertiary/aromatic N) is 3. The zero-order valence-electron chi connectivity index (χ0n) is 35.3. The van der Waals surface area contributed by atoms with Crippen LogP contribution >= 0.6 is 28.3 Å². The molecule has 3 N–H and O–H groups in total. The van der Waals surface area contributed by atoms with Gasteiger partial charge in [-0.05, 0) is 89.5 Å². The number of phenols is 1. The molecule has 66 heavy (non-hydrogen) atoms. The number of benzene rings is 6. The van der Waals surface area contributed by atoms with Crippen molar-refractivity contribution in [1.29, 1.82) is 0 Å².